The second kappa shape index (κ2) is 8.86. The van der Waals surface area contributed by atoms with Crippen molar-refractivity contribution in [3.8, 4) is 11.6 Å². The quantitative estimate of drug-likeness (QED) is 0.367. The van der Waals surface area contributed by atoms with Crippen molar-refractivity contribution < 1.29 is 4.74 Å². The minimum atomic E-state index is 0.510. The van der Waals surface area contributed by atoms with Crippen molar-refractivity contribution in [2.24, 2.45) is 0 Å². The Kier molecular flexibility index (Phi) is 6.29. The highest BCUT2D eigenvalue weighted by atomic mass is 32.2. The first kappa shape index (κ1) is 18.5. The van der Waals surface area contributed by atoms with Crippen LogP contribution in [-0.2, 0) is 12.2 Å². The lowest BCUT2D eigenvalue weighted by Crippen LogP contribution is -1.97. The zero-order valence-electron chi connectivity index (χ0n) is 15.5. The average Bonchev–Trinajstić information content (AvgIpc) is 2.67. The Morgan fingerprint density at radius 3 is 2.35 bits per heavy atom. The van der Waals surface area contributed by atoms with E-state index < -0.39 is 0 Å². The number of aryl methyl sites for hydroxylation is 1. The molecule has 4 heteroatoms. The van der Waals surface area contributed by atoms with Gasteiger partial charge in [-0.05, 0) is 35.6 Å². The van der Waals surface area contributed by atoms with Crippen molar-refractivity contribution in [1.82, 2.24) is 9.97 Å². The van der Waals surface area contributed by atoms with E-state index in [9.17, 15) is 0 Å². The fraction of sp³-hybridized carbons (Fsp3) is 0.273. The molecular formula is C22H24N2OS. The lowest BCUT2D eigenvalue weighted by molar-refractivity contribution is 0.453. The van der Waals surface area contributed by atoms with Gasteiger partial charge in [0.05, 0.1) is 0 Å². The molecule has 0 fully saturated rings. The molecule has 0 aliphatic rings. The number of rotatable bonds is 7. The van der Waals surface area contributed by atoms with Crippen LogP contribution in [0.2, 0.25) is 0 Å². The highest BCUT2D eigenvalue weighted by Gasteiger charge is 2.08. The van der Waals surface area contributed by atoms with E-state index in [-0.39, 0.29) is 0 Å². The van der Waals surface area contributed by atoms with Crippen molar-refractivity contribution >= 4 is 11.8 Å². The Balaban J connectivity index is 1.74. The molecule has 0 unspecified atom stereocenters. The number of benzene rings is 2. The molecule has 3 rings (SSSR count). The molecule has 3 nitrogen and oxygen atoms in total. The van der Waals surface area contributed by atoms with Crippen LogP contribution in [-0.4, -0.2) is 9.97 Å². The van der Waals surface area contributed by atoms with E-state index in [0.717, 1.165) is 28.8 Å². The van der Waals surface area contributed by atoms with Gasteiger partial charge in [-0.2, -0.15) is 4.98 Å². The second-order valence-corrected chi connectivity index (χ2v) is 7.38. The maximum atomic E-state index is 5.98. The predicted octanol–water partition coefficient (Wildman–Crippen LogP) is 6.25. The van der Waals surface area contributed by atoms with Crippen molar-refractivity contribution in [2.45, 2.75) is 44.0 Å². The van der Waals surface area contributed by atoms with Crippen LogP contribution < -0.4 is 4.74 Å². The van der Waals surface area contributed by atoms with Gasteiger partial charge in [-0.15, -0.1) is 0 Å². The number of nitrogens with zero attached hydrogens (tertiary/aromatic N) is 2. The number of hydrogen-bond donors (Lipinski definition) is 0. The Morgan fingerprint density at radius 2 is 1.69 bits per heavy atom. The molecule has 1 aromatic heterocycles. The molecule has 134 valence electrons. The van der Waals surface area contributed by atoms with Crippen molar-refractivity contribution in [3.05, 3.63) is 77.5 Å². The molecular weight excluding hydrogens is 340 g/mol. The van der Waals surface area contributed by atoms with Gasteiger partial charge >= 0.3 is 0 Å². The summed E-state index contributed by atoms with van der Waals surface area (Å²) >= 11 is 1.63. The fourth-order valence-corrected chi connectivity index (χ4v) is 3.34. The largest absolute Gasteiger partial charge is 0.439 e. The summed E-state index contributed by atoms with van der Waals surface area (Å²) in [6.45, 7) is 6.46. The van der Waals surface area contributed by atoms with Gasteiger partial charge in [-0.3, -0.25) is 0 Å². The predicted molar refractivity (Wildman–Crippen MR) is 108 cm³/mol. The highest BCUT2D eigenvalue weighted by Crippen LogP contribution is 2.26. The summed E-state index contributed by atoms with van der Waals surface area (Å²) < 4.78 is 5.98. The molecule has 1 heterocycles. The second-order valence-electron chi connectivity index (χ2n) is 6.43. The summed E-state index contributed by atoms with van der Waals surface area (Å²) in [5, 5.41) is 0.752. The molecule has 0 N–H and O–H groups in total. The number of ether oxygens (including phenoxy) is 1. The fourth-order valence-electron chi connectivity index (χ4n) is 2.51. The lowest BCUT2D eigenvalue weighted by atomic mass is 10.0. The SMILES string of the molecule is CCc1cc(Oc2ccc(C(C)C)cc2)nc(SCc2ccccc2)n1. The summed E-state index contributed by atoms with van der Waals surface area (Å²) in [6, 6.07) is 20.5. The molecule has 26 heavy (non-hydrogen) atoms. The zero-order valence-corrected chi connectivity index (χ0v) is 16.3. The van der Waals surface area contributed by atoms with E-state index in [2.05, 4.69) is 67.1 Å². The summed E-state index contributed by atoms with van der Waals surface area (Å²) in [5.74, 6) is 2.76. The first-order valence-electron chi connectivity index (χ1n) is 8.96. The van der Waals surface area contributed by atoms with Crippen LogP contribution in [0.4, 0.5) is 0 Å². The third-order valence-corrected chi connectivity index (χ3v) is 5.00. The van der Waals surface area contributed by atoms with Crippen molar-refractivity contribution in [3.63, 3.8) is 0 Å². The molecule has 0 saturated heterocycles. The first-order valence-corrected chi connectivity index (χ1v) is 9.95. The highest BCUT2D eigenvalue weighted by molar-refractivity contribution is 7.98. The van der Waals surface area contributed by atoms with E-state index in [1.807, 2.05) is 24.3 Å². The Hall–Kier alpha value is -2.33. The molecule has 0 saturated carbocycles. The van der Waals surface area contributed by atoms with Crippen molar-refractivity contribution in [2.75, 3.05) is 0 Å². The van der Waals surface area contributed by atoms with Crippen LogP contribution in [0.3, 0.4) is 0 Å². The molecule has 2 aromatic carbocycles. The lowest BCUT2D eigenvalue weighted by Gasteiger charge is -2.10. The van der Waals surface area contributed by atoms with E-state index in [0.29, 0.717) is 11.8 Å². The summed E-state index contributed by atoms with van der Waals surface area (Å²) in [5.41, 5.74) is 3.55. The van der Waals surface area contributed by atoms with Gasteiger partial charge in [0.15, 0.2) is 5.16 Å². The summed E-state index contributed by atoms with van der Waals surface area (Å²) in [4.78, 5) is 9.20. The summed E-state index contributed by atoms with van der Waals surface area (Å²) in [7, 11) is 0. The van der Waals surface area contributed by atoms with Gasteiger partial charge in [0, 0.05) is 17.5 Å². The van der Waals surface area contributed by atoms with Crippen LogP contribution in [0.5, 0.6) is 11.6 Å². The number of aromatic nitrogens is 2. The standard InChI is InChI=1S/C22H24N2OS/c1-4-19-14-21(25-20-12-10-18(11-13-20)16(2)3)24-22(23-19)26-15-17-8-6-5-7-9-17/h5-14,16H,4,15H2,1-3H3. The number of thioether (sulfide) groups is 1. The van der Waals surface area contributed by atoms with Gasteiger partial charge in [0.25, 0.3) is 0 Å². The zero-order chi connectivity index (χ0) is 18.4. The summed E-state index contributed by atoms with van der Waals surface area (Å²) in [6.07, 6.45) is 0.851. The van der Waals surface area contributed by atoms with Crippen LogP contribution >= 0.6 is 11.8 Å². The molecule has 0 bridgehead atoms. The minimum absolute atomic E-state index is 0.510. The topological polar surface area (TPSA) is 35.0 Å². The van der Waals surface area contributed by atoms with Crippen LogP contribution in [0.15, 0.2) is 65.8 Å². The molecule has 0 amide bonds. The molecule has 3 aromatic rings. The smallest absolute Gasteiger partial charge is 0.223 e. The maximum Gasteiger partial charge on any atom is 0.223 e. The normalized spacial score (nSPS) is 10.9. The minimum Gasteiger partial charge on any atom is -0.439 e. The van der Waals surface area contributed by atoms with Gasteiger partial charge in [0.1, 0.15) is 5.75 Å². The third kappa shape index (κ3) is 5.09. The molecule has 0 spiro atoms. The van der Waals surface area contributed by atoms with Crippen LogP contribution in [0, 0.1) is 0 Å². The molecule has 0 radical (unpaired) electrons. The van der Waals surface area contributed by atoms with E-state index in [1.54, 1.807) is 11.8 Å². The van der Waals surface area contributed by atoms with Gasteiger partial charge in [-0.25, -0.2) is 4.98 Å². The van der Waals surface area contributed by atoms with E-state index >= 15 is 0 Å². The first-order chi connectivity index (χ1) is 12.6. The molecule has 0 aliphatic carbocycles. The average molecular weight is 365 g/mol. The number of hydrogen-bond acceptors (Lipinski definition) is 4. The third-order valence-electron chi connectivity index (χ3n) is 4.08. The van der Waals surface area contributed by atoms with Gasteiger partial charge in [0.2, 0.25) is 5.88 Å². The maximum absolute atomic E-state index is 5.98. The Labute approximate surface area is 159 Å². The van der Waals surface area contributed by atoms with Gasteiger partial charge < -0.3 is 4.74 Å². The Morgan fingerprint density at radius 1 is 0.962 bits per heavy atom. The van der Waals surface area contributed by atoms with Gasteiger partial charge in [-0.1, -0.05) is 75.0 Å². The van der Waals surface area contributed by atoms with Crippen molar-refractivity contribution in [1.29, 1.82) is 0 Å². The monoisotopic (exact) mass is 364 g/mol. The van der Waals surface area contributed by atoms with Crippen LogP contribution in [0.1, 0.15) is 43.5 Å². The van der Waals surface area contributed by atoms with E-state index in [4.69, 9.17) is 4.74 Å². The Bertz CT molecular complexity index is 833. The van der Waals surface area contributed by atoms with Crippen LogP contribution in [0.25, 0.3) is 0 Å². The molecule has 0 aliphatic heterocycles. The van der Waals surface area contributed by atoms with E-state index in [1.165, 1.54) is 11.1 Å². The molecule has 0 atom stereocenters.